The summed E-state index contributed by atoms with van der Waals surface area (Å²) >= 11 is 0. The third-order valence-corrected chi connectivity index (χ3v) is 9.45. The fourth-order valence-electron chi connectivity index (χ4n) is 6.35. The molecule has 0 aromatic rings. The molecule has 0 saturated heterocycles. The number of unbranched alkanes of at least 4 members (excludes halogenated alkanes) is 21. The van der Waals surface area contributed by atoms with Gasteiger partial charge in [0.1, 0.15) is 6.10 Å². The molecule has 0 aromatic carbocycles. The Morgan fingerprint density at radius 3 is 1.40 bits per heavy atom. The van der Waals surface area contributed by atoms with Crippen LogP contribution in [0.3, 0.4) is 0 Å². The van der Waals surface area contributed by atoms with Crippen molar-refractivity contribution in [1.82, 2.24) is 4.90 Å². The number of esters is 2. The number of rotatable bonds is 38. The summed E-state index contributed by atoms with van der Waals surface area (Å²) in [6.07, 6.45) is 34.1. The van der Waals surface area contributed by atoms with Gasteiger partial charge in [-0.25, -0.2) is 0 Å². The predicted octanol–water partition coefficient (Wildman–Crippen LogP) is 11.5. The molecule has 0 bridgehead atoms. The van der Waals surface area contributed by atoms with Crippen molar-refractivity contribution in [1.29, 1.82) is 0 Å². The van der Waals surface area contributed by atoms with Gasteiger partial charge in [0.15, 0.2) is 0 Å². The molecule has 0 heterocycles. The van der Waals surface area contributed by atoms with Crippen molar-refractivity contribution in [2.75, 3.05) is 32.8 Å². The van der Waals surface area contributed by atoms with Gasteiger partial charge in [-0.15, -0.1) is 0 Å². The van der Waals surface area contributed by atoms with E-state index in [0.717, 1.165) is 83.7 Å². The highest BCUT2D eigenvalue weighted by atomic mass is 16.5. The first-order chi connectivity index (χ1) is 23.1. The summed E-state index contributed by atoms with van der Waals surface area (Å²) in [6.45, 7) is 10.1. The Bertz CT molecular complexity index is 642. The average Bonchev–Trinajstić information content (AvgIpc) is 3.06. The van der Waals surface area contributed by atoms with Crippen LogP contribution in [0.2, 0.25) is 0 Å². The molecule has 0 spiro atoms. The van der Waals surface area contributed by atoms with E-state index in [9.17, 15) is 14.7 Å². The SMILES string of the molecule is CCCCCCCCCOC(=O)CCCCCCN(CCO)CCCCCC(=O)OC(CCCCCCCC)CCCCCCCC. The first kappa shape index (κ1) is 45.9. The molecule has 0 fully saturated rings. The van der Waals surface area contributed by atoms with Gasteiger partial charge in [-0.3, -0.25) is 9.59 Å². The van der Waals surface area contributed by atoms with Crippen LogP contribution in [0, 0.1) is 0 Å². The molecule has 0 radical (unpaired) electrons. The molecular weight excluding hydrogens is 586 g/mol. The van der Waals surface area contributed by atoms with Gasteiger partial charge in [0.25, 0.3) is 0 Å². The van der Waals surface area contributed by atoms with E-state index < -0.39 is 0 Å². The molecule has 0 amide bonds. The summed E-state index contributed by atoms with van der Waals surface area (Å²) in [5.41, 5.74) is 0. The smallest absolute Gasteiger partial charge is 0.306 e. The van der Waals surface area contributed by atoms with Gasteiger partial charge in [-0.1, -0.05) is 143 Å². The first-order valence-electron chi connectivity index (χ1n) is 20.8. The molecule has 1 N–H and O–H groups in total. The van der Waals surface area contributed by atoms with Crippen molar-refractivity contribution in [3.05, 3.63) is 0 Å². The maximum atomic E-state index is 12.7. The molecule has 6 nitrogen and oxygen atoms in total. The summed E-state index contributed by atoms with van der Waals surface area (Å²) in [5.74, 6) is -0.0613. The normalized spacial score (nSPS) is 11.5. The predicted molar refractivity (Wildman–Crippen MR) is 200 cm³/mol. The molecule has 0 aromatic heterocycles. The van der Waals surface area contributed by atoms with Crippen LogP contribution in [-0.4, -0.2) is 60.9 Å². The monoisotopic (exact) mass is 668 g/mol. The van der Waals surface area contributed by atoms with Crippen molar-refractivity contribution in [3.8, 4) is 0 Å². The Kier molecular flexibility index (Phi) is 36.8. The van der Waals surface area contributed by atoms with Crippen molar-refractivity contribution in [2.45, 2.75) is 219 Å². The van der Waals surface area contributed by atoms with E-state index in [1.54, 1.807) is 0 Å². The third-order valence-electron chi connectivity index (χ3n) is 9.45. The number of aliphatic hydroxyl groups excluding tert-OH is 1. The van der Waals surface area contributed by atoms with Gasteiger partial charge in [-0.05, 0) is 70.9 Å². The number of ether oxygens (including phenoxy) is 2. The molecule has 280 valence electrons. The Morgan fingerprint density at radius 1 is 0.489 bits per heavy atom. The van der Waals surface area contributed by atoms with Crippen molar-refractivity contribution < 1.29 is 24.2 Å². The number of hydrogen-bond donors (Lipinski definition) is 1. The van der Waals surface area contributed by atoms with Crippen LogP contribution in [0.4, 0.5) is 0 Å². The highest BCUT2D eigenvalue weighted by Crippen LogP contribution is 2.18. The summed E-state index contributed by atoms with van der Waals surface area (Å²) in [5, 5.41) is 9.53. The fraction of sp³-hybridized carbons (Fsp3) is 0.951. The second-order valence-electron chi connectivity index (χ2n) is 14.1. The van der Waals surface area contributed by atoms with Gasteiger partial charge in [0, 0.05) is 19.4 Å². The van der Waals surface area contributed by atoms with E-state index >= 15 is 0 Å². The fourth-order valence-corrected chi connectivity index (χ4v) is 6.35. The number of nitrogens with zero attached hydrogens (tertiary/aromatic N) is 1. The molecule has 0 atom stereocenters. The van der Waals surface area contributed by atoms with Crippen LogP contribution in [0.25, 0.3) is 0 Å². The van der Waals surface area contributed by atoms with Gasteiger partial charge < -0.3 is 19.5 Å². The van der Waals surface area contributed by atoms with Crippen LogP contribution in [0.1, 0.15) is 213 Å². The van der Waals surface area contributed by atoms with Crippen LogP contribution in [0.15, 0.2) is 0 Å². The summed E-state index contributed by atoms with van der Waals surface area (Å²) < 4.78 is 11.4. The summed E-state index contributed by atoms with van der Waals surface area (Å²) in [4.78, 5) is 27.0. The molecule has 0 rings (SSSR count). The third kappa shape index (κ3) is 34.5. The van der Waals surface area contributed by atoms with Crippen LogP contribution in [0.5, 0.6) is 0 Å². The number of aliphatic hydroxyl groups is 1. The number of carbonyl (C=O) groups is 2. The molecule has 47 heavy (non-hydrogen) atoms. The average molecular weight is 668 g/mol. The van der Waals surface area contributed by atoms with E-state index in [0.29, 0.717) is 26.0 Å². The van der Waals surface area contributed by atoms with Crippen LogP contribution < -0.4 is 0 Å². The second-order valence-corrected chi connectivity index (χ2v) is 14.1. The Hall–Kier alpha value is -1.14. The van der Waals surface area contributed by atoms with Gasteiger partial charge >= 0.3 is 11.9 Å². The van der Waals surface area contributed by atoms with Crippen LogP contribution >= 0.6 is 0 Å². The molecule has 0 aliphatic carbocycles. The van der Waals surface area contributed by atoms with E-state index in [2.05, 4.69) is 25.7 Å². The topological polar surface area (TPSA) is 76.1 Å². The van der Waals surface area contributed by atoms with Crippen molar-refractivity contribution in [3.63, 3.8) is 0 Å². The lowest BCUT2D eigenvalue weighted by Gasteiger charge is -2.21. The quantitative estimate of drug-likeness (QED) is 0.0521. The van der Waals surface area contributed by atoms with Gasteiger partial charge in [-0.2, -0.15) is 0 Å². The summed E-state index contributed by atoms with van der Waals surface area (Å²) in [7, 11) is 0. The Morgan fingerprint density at radius 2 is 0.894 bits per heavy atom. The van der Waals surface area contributed by atoms with Crippen molar-refractivity contribution >= 4 is 11.9 Å². The lowest BCUT2D eigenvalue weighted by Crippen LogP contribution is -2.29. The lowest BCUT2D eigenvalue weighted by atomic mass is 10.0. The minimum Gasteiger partial charge on any atom is -0.466 e. The second kappa shape index (κ2) is 37.7. The summed E-state index contributed by atoms with van der Waals surface area (Å²) in [6, 6.07) is 0. The minimum absolute atomic E-state index is 0.0131. The molecule has 6 heteroatoms. The molecule has 0 aliphatic heterocycles. The zero-order chi connectivity index (χ0) is 34.5. The Balaban J connectivity index is 4.04. The van der Waals surface area contributed by atoms with E-state index in [4.69, 9.17) is 9.47 Å². The minimum atomic E-state index is -0.0482. The van der Waals surface area contributed by atoms with Gasteiger partial charge in [0.2, 0.25) is 0 Å². The molecule has 0 saturated carbocycles. The number of carbonyl (C=O) groups excluding carboxylic acids is 2. The molecule has 0 aliphatic rings. The van der Waals surface area contributed by atoms with E-state index in [-0.39, 0.29) is 24.6 Å². The molecular formula is C41H81NO5. The zero-order valence-corrected chi connectivity index (χ0v) is 31.9. The standard InChI is InChI=1S/C41H81NO5/c1-4-7-10-13-16-21-29-38-46-40(44)32-25-19-20-27-34-42(36-37-43)35-28-22-26-33-41(45)47-39(30-23-17-14-11-8-5-2)31-24-18-15-12-9-6-3/h39,43H,4-38H2,1-3H3. The highest BCUT2D eigenvalue weighted by molar-refractivity contribution is 5.69. The Labute approximate surface area is 292 Å². The molecule has 0 unspecified atom stereocenters. The highest BCUT2D eigenvalue weighted by Gasteiger charge is 2.14. The van der Waals surface area contributed by atoms with Crippen molar-refractivity contribution in [2.24, 2.45) is 0 Å². The van der Waals surface area contributed by atoms with Crippen LogP contribution in [-0.2, 0) is 19.1 Å². The maximum absolute atomic E-state index is 12.7. The van der Waals surface area contributed by atoms with E-state index in [1.807, 2.05) is 0 Å². The van der Waals surface area contributed by atoms with E-state index in [1.165, 1.54) is 109 Å². The lowest BCUT2D eigenvalue weighted by molar-refractivity contribution is -0.150. The zero-order valence-electron chi connectivity index (χ0n) is 31.9. The first-order valence-corrected chi connectivity index (χ1v) is 20.8. The van der Waals surface area contributed by atoms with Gasteiger partial charge in [0.05, 0.1) is 13.2 Å². The number of hydrogen-bond acceptors (Lipinski definition) is 6. The maximum Gasteiger partial charge on any atom is 0.306 e. The largest absolute Gasteiger partial charge is 0.466 e.